The van der Waals surface area contributed by atoms with Crippen LogP contribution in [0.25, 0.3) is 0 Å². The van der Waals surface area contributed by atoms with Crippen LogP contribution in [0.15, 0.2) is 59.7 Å². The minimum atomic E-state index is -0.587. The quantitative estimate of drug-likeness (QED) is 0.403. The first-order valence-corrected chi connectivity index (χ1v) is 11.6. The van der Waals surface area contributed by atoms with Crippen LogP contribution in [0.2, 0.25) is 0 Å². The van der Waals surface area contributed by atoms with Crippen molar-refractivity contribution in [2.75, 3.05) is 19.7 Å². The van der Waals surface area contributed by atoms with Gasteiger partial charge in [-0.15, -0.1) is 0 Å². The predicted molar refractivity (Wildman–Crippen MR) is 131 cm³/mol. The van der Waals surface area contributed by atoms with Crippen LogP contribution in [0.5, 0.6) is 5.75 Å². The molecule has 34 heavy (non-hydrogen) atoms. The zero-order valence-corrected chi connectivity index (χ0v) is 19.1. The van der Waals surface area contributed by atoms with Crippen LogP contribution in [0.3, 0.4) is 0 Å². The maximum Gasteiger partial charge on any atom is 0.293 e. The Morgan fingerprint density at radius 2 is 1.79 bits per heavy atom. The molecule has 0 aliphatic carbocycles. The van der Waals surface area contributed by atoms with E-state index >= 15 is 0 Å². The maximum absolute atomic E-state index is 11.6. The highest BCUT2D eigenvalue weighted by Crippen LogP contribution is 2.23. The molecule has 2 unspecified atom stereocenters. The van der Waals surface area contributed by atoms with Gasteiger partial charge in [0.2, 0.25) is 5.75 Å². The second-order valence-electron chi connectivity index (χ2n) is 8.68. The van der Waals surface area contributed by atoms with Gasteiger partial charge >= 0.3 is 0 Å². The first kappa shape index (κ1) is 23.7. The van der Waals surface area contributed by atoms with Crippen LogP contribution in [-0.2, 0) is 13.0 Å². The zero-order valence-electron chi connectivity index (χ0n) is 19.1. The summed E-state index contributed by atoms with van der Waals surface area (Å²) in [6.45, 7) is 2.62. The Balaban J connectivity index is 1.39. The third-order valence-electron chi connectivity index (χ3n) is 6.41. The van der Waals surface area contributed by atoms with Crippen molar-refractivity contribution in [1.82, 2.24) is 14.9 Å². The second kappa shape index (κ2) is 11.1. The van der Waals surface area contributed by atoms with E-state index < -0.39 is 11.3 Å². The number of H-pyrrole nitrogens is 1. The van der Waals surface area contributed by atoms with Gasteiger partial charge in [0.15, 0.2) is 0 Å². The van der Waals surface area contributed by atoms with Crippen LogP contribution >= 0.6 is 0 Å². The molecule has 1 aliphatic heterocycles. The lowest BCUT2D eigenvalue weighted by atomic mass is 9.94. The van der Waals surface area contributed by atoms with E-state index in [1.165, 1.54) is 24.7 Å². The van der Waals surface area contributed by atoms with Crippen molar-refractivity contribution in [2.45, 2.75) is 37.8 Å². The lowest BCUT2D eigenvalue weighted by molar-refractivity contribution is 0.250. The van der Waals surface area contributed by atoms with Gasteiger partial charge in [0.05, 0.1) is 18.6 Å². The Kier molecular flexibility index (Phi) is 7.76. The van der Waals surface area contributed by atoms with Crippen molar-refractivity contribution >= 4 is 0 Å². The highest BCUT2D eigenvalue weighted by molar-refractivity contribution is 5.44. The first-order valence-electron chi connectivity index (χ1n) is 11.6. The van der Waals surface area contributed by atoms with E-state index in [2.05, 4.69) is 38.8 Å². The van der Waals surface area contributed by atoms with Gasteiger partial charge in [-0.3, -0.25) is 9.69 Å². The van der Waals surface area contributed by atoms with E-state index in [-0.39, 0.29) is 24.6 Å². The number of aliphatic hydroxyl groups excluding tert-OH is 1. The molecule has 2 heterocycles. The molecule has 1 fully saturated rings. The van der Waals surface area contributed by atoms with E-state index in [4.69, 9.17) is 5.73 Å². The summed E-state index contributed by atoms with van der Waals surface area (Å²) in [6, 6.07) is 16.5. The summed E-state index contributed by atoms with van der Waals surface area (Å²) >= 11 is 0. The summed E-state index contributed by atoms with van der Waals surface area (Å²) in [5.74, 6) is 5.69. The topological polar surface area (TPSA) is 115 Å². The van der Waals surface area contributed by atoms with Gasteiger partial charge < -0.3 is 20.9 Å². The number of aromatic hydroxyl groups is 1. The third-order valence-corrected chi connectivity index (χ3v) is 6.41. The number of aromatic nitrogens is 2. The third kappa shape index (κ3) is 5.72. The predicted octanol–water partition coefficient (Wildman–Crippen LogP) is 2.12. The molecule has 3 aromatic rings. The van der Waals surface area contributed by atoms with Crippen molar-refractivity contribution in [1.29, 1.82) is 0 Å². The Morgan fingerprint density at radius 3 is 2.44 bits per heavy atom. The number of nitrogens with one attached hydrogen (secondary N) is 1. The van der Waals surface area contributed by atoms with Crippen LogP contribution in [-0.4, -0.2) is 50.8 Å². The van der Waals surface area contributed by atoms with Crippen molar-refractivity contribution in [3.63, 3.8) is 0 Å². The average molecular weight is 459 g/mol. The number of aliphatic hydroxyl groups is 1. The Morgan fingerprint density at radius 1 is 1.12 bits per heavy atom. The summed E-state index contributed by atoms with van der Waals surface area (Å²) in [4.78, 5) is 20.4. The largest absolute Gasteiger partial charge is 0.502 e. The minimum Gasteiger partial charge on any atom is -0.502 e. The molecule has 5 N–H and O–H groups in total. The number of nitrogens with two attached hydrogens (primary N) is 1. The van der Waals surface area contributed by atoms with Crippen LogP contribution < -0.4 is 11.3 Å². The lowest BCUT2D eigenvalue weighted by Crippen LogP contribution is -2.34. The van der Waals surface area contributed by atoms with Gasteiger partial charge in [-0.1, -0.05) is 36.1 Å². The van der Waals surface area contributed by atoms with Gasteiger partial charge in [-0.05, 0) is 54.8 Å². The monoisotopic (exact) mass is 458 g/mol. The average Bonchev–Trinajstić information content (AvgIpc) is 3.32. The van der Waals surface area contributed by atoms with Crippen LogP contribution in [0, 0.1) is 11.8 Å². The Hall–Kier alpha value is -3.44. The molecule has 1 aliphatic rings. The minimum absolute atomic E-state index is 0.130. The number of aromatic amines is 1. The molecule has 0 saturated carbocycles. The van der Waals surface area contributed by atoms with Crippen molar-refractivity contribution < 1.29 is 10.2 Å². The number of likely N-dealkylation sites (tertiary alicyclic amines) is 1. The molecule has 1 saturated heterocycles. The van der Waals surface area contributed by atoms with Gasteiger partial charge in [-0.25, -0.2) is 4.98 Å². The Labute approximate surface area is 199 Å². The fourth-order valence-corrected chi connectivity index (χ4v) is 4.38. The van der Waals surface area contributed by atoms with E-state index in [1.807, 2.05) is 36.4 Å². The molecule has 0 amide bonds. The van der Waals surface area contributed by atoms with Crippen LogP contribution in [0.1, 0.15) is 46.7 Å². The van der Waals surface area contributed by atoms with Crippen molar-refractivity contribution in [3.05, 3.63) is 93.2 Å². The summed E-state index contributed by atoms with van der Waals surface area (Å²) in [5.41, 5.74) is 9.53. The molecule has 4 rings (SSSR count). The van der Waals surface area contributed by atoms with Gasteiger partial charge in [0, 0.05) is 42.6 Å². The Bertz CT molecular complexity index is 1210. The molecule has 7 nitrogen and oxygen atoms in total. The fourth-order valence-electron chi connectivity index (χ4n) is 4.38. The van der Waals surface area contributed by atoms with E-state index in [9.17, 15) is 15.0 Å². The summed E-state index contributed by atoms with van der Waals surface area (Å²) in [5, 5.41) is 19.7. The first-order chi connectivity index (χ1) is 16.6. The van der Waals surface area contributed by atoms with Gasteiger partial charge in [-0.2, -0.15) is 0 Å². The zero-order chi connectivity index (χ0) is 23.9. The number of rotatable bonds is 7. The molecule has 0 radical (unpaired) electrons. The van der Waals surface area contributed by atoms with E-state index in [0.717, 1.165) is 29.8 Å². The number of benzene rings is 2. The number of hydrogen-bond donors (Lipinski definition) is 4. The molecule has 176 valence electrons. The summed E-state index contributed by atoms with van der Waals surface area (Å²) in [7, 11) is 0. The normalized spacial score (nSPS) is 16.7. The van der Waals surface area contributed by atoms with Crippen molar-refractivity contribution in [2.24, 2.45) is 5.73 Å². The molecule has 0 bridgehead atoms. The molecule has 0 spiro atoms. The van der Waals surface area contributed by atoms with E-state index in [0.29, 0.717) is 12.6 Å². The highest BCUT2D eigenvalue weighted by Gasteiger charge is 2.22. The summed E-state index contributed by atoms with van der Waals surface area (Å²) in [6.07, 6.45) is 3.91. The standard InChI is InChI=1S/C27H30N4O3/c28-15-24-2-1-13-31(24)16-21-7-5-19(6-8-21)3-4-20-9-11-22(12-10-20)23(17-32)14-25-26(33)27(34)30-18-29-25/h5-12,18,23-24,32-33H,1-2,13-17,28H2,(H,29,30,34). The molecule has 2 atom stereocenters. The number of nitrogens with zero attached hydrogens (tertiary/aromatic N) is 2. The molecule has 7 heteroatoms. The molecular weight excluding hydrogens is 428 g/mol. The molecular formula is C27H30N4O3. The van der Waals surface area contributed by atoms with E-state index in [1.54, 1.807) is 0 Å². The number of hydrogen-bond acceptors (Lipinski definition) is 6. The molecule has 1 aromatic heterocycles. The lowest BCUT2D eigenvalue weighted by Gasteiger charge is -2.23. The van der Waals surface area contributed by atoms with Crippen molar-refractivity contribution in [3.8, 4) is 17.6 Å². The highest BCUT2D eigenvalue weighted by atomic mass is 16.3. The summed E-state index contributed by atoms with van der Waals surface area (Å²) < 4.78 is 0. The molecule has 2 aromatic carbocycles. The smallest absolute Gasteiger partial charge is 0.293 e. The van der Waals surface area contributed by atoms with Crippen LogP contribution in [0.4, 0.5) is 0 Å². The second-order valence-corrected chi connectivity index (χ2v) is 8.68. The maximum atomic E-state index is 11.6. The SMILES string of the molecule is NCC1CCCN1Cc1ccc(C#Cc2ccc(C(CO)Cc3nc[nH]c(=O)c3O)cc2)cc1. The fraction of sp³-hybridized carbons (Fsp3) is 0.333. The van der Waals surface area contributed by atoms with Gasteiger partial charge in [0.1, 0.15) is 0 Å². The van der Waals surface area contributed by atoms with Gasteiger partial charge in [0.25, 0.3) is 5.56 Å².